The van der Waals surface area contributed by atoms with Crippen molar-refractivity contribution in [3.8, 4) is 0 Å². The third-order valence-electron chi connectivity index (χ3n) is 12.7. The summed E-state index contributed by atoms with van der Waals surface area (Å²) in [7, 11) is 0. The molecule has 2 aromatic carbocycles. The molecule has 0 spiro atoms. The molecule has 6 rings (SSSR count). The van der Waals surface area contributed by atoms with Gasteiger partial charge in [-0.2, -0.15) is 11.8 Å². The Kier molecular flexibility index (Phi) is 12.2. The van der Waals surface area contributed by atoms with Crippen molar-refractivity contribution in [3.05, 3.63) is 82.9 Å². The van der Waals surface area contributed by atoms with Gasteiger partial charge in [-0.25, -0.2) is 14.4 Å². The second kappa shape index (κ2) is 16.3. The molecule has 3 aliphatic carbocycles. The molecule has 60 heavy (non-hydrogen) atoms. The number of thioether (sulfide) groups is 1. The number of alkyl carbamates (subject to hydrolysis) is 1. The lowest BCUT2D eigenvalue weighted by atomic mass is 9.46. The minimum atomic E-state index is -2.23. The smallest absolute Gasteiger partial charge is 0.408 e. The van der Waals surface area contributed by atoms with E-state index >= 15 is 4.79 Å². The van der Waals surface area contributed by atoms with E-state index in [0.29, 0.717) is 12.0 Å². The molecule has 15 heteroatoms. The van der Waals surface area contributed by atoms with Crippen LogP contribution in [-0.4, -0.2) is 98.2 Å². The normalized spacial score (nSPS) is 31.6. The van der Waals surface area contributed by atoms with Gasteiger partial charge in [0.05, 0.1) is 17.5 Å². The highest BCUT2D eigenvalue weighted by atomic mass is 32.2. The zero-order valence-electron chi connectivity index (χ0n) is 35.4. The first-order valence-corrected chi connectivity index (χ1v) is 21.2. The Morgan fingerprint density at radius 2 is 1.52 bits per heavy atom. The van der Waals surface area contributed by atoms with Crippen LogP contribution < -0.4 is 5.32 Å². The first-order chi connectivity index (χ1) is 28.0. The number of esters is 4. The van der Waals surface area contributed by atoms with E-state index in [1.165, 1.54) is 18.7 Å². The van der Waals surface area contributed by atoms with Gasteiger partial charge in [-0.05, 0) is 69.4 Å². The van der Waals surface area contributed by atoms with Crippen LogP contribution in [0.15, 0.2) is 71.8 Å². The number of aliphatic hydroxyl groups is 2. The van der Waals surface area contributed by atoms with Gasteiger partial charge >= 0.3 is 30.0 Å². The van der Waals surface area contributed by atoms with Gasteiger partial charge in [0.25, 0.3) is 0 Å². The average molecular weight is 850 g/mol. The maximum absolute atomic E-state index is 15.4. The van der Waals surface area contributed by atoms with Gasteiger partial charge < -0.3 is 39.2 Å². The molecule has 4 aliphatic rings. The molecule has 1 saturated heterocycles. The second-order valence-electron chi connectivity index (χ2n) is 18.1. The van der Waals surface area contributed by atoms with Crippen LogP contribution in [0.4, 0.5) is 4.79 Å². The average Bonchev–Trinajstić information content (AvgIpc) is 3.15. The number of hydrogen-bond acceptors (Lipinski definition) is 14. The van der Waals surface area contributed by atoms with Crippen molar-refractivity contribution in [2.75, 3.05) is 5.75 Å². The monoisotopic (exact) mass is 849 g/mol. The van der Waals surface area contributed by atoms with Crippen LogP contribution in [0.5, 0.6) is 0 Å². The van der Waals surface area contributed by atoms with Gasteiger partial charge in [0, 0.05) is 42.1 Å². The predicted molar refractivity (Wildman–Crippen MR) is 218 cm³/mol. The van der Waals surface area contributed by atoms with E-state index < -0.39 is 106 Å². The molecule has 3 fully saturated rings. The fourth-order valence-corrected chi connectivity index (χ4v) is 11.3. The van der Waals surface area contributed by atoms with Crippen molar-refractivity contribution in [2.24, 2.45) is 16.7 Å². The Balaban J connectivity index is 1.52. The van der Waals surface area contributed by atoms with Gasteiger partial charge in [0.15, 0.2) is 18.0 Å². The number of ether oxygens (including phenoxy) is 5. The molecular formula is C45H55NO13S. The standard InChI is InChI=1S/C45H55NO13S/c1-24-29(56-39(52)33(49)32(27-16-12-10-13-17-27)46-40(53)59-41(4,5)6)22-45(54)37(57-38(51)28-18-14-11-15-19-28)35-43(9,21-20-30-44(35,23-60-30)58-26(3)48)36(50)34(55-25(2)47)31(24)42(45,7)8/h10-19,29-30,32-35,37,49,54H,20-23H2,1-9H3,(H,46,53)/t29-,30+,32-,33+,34+,35-,37-,43+,44-,45+/m0/s1. The number of Topliss-reactive ketones (excluding diaryl/α,β-unsaturated/α-hetero) is 1. The molecule has 324 valence electrons. The largest absolute Gasteiger partial charge is 0.457 e. The van der Waals surface area contributed by atoms with Gasteiger partial charge in [-0.3, -0.25) is 14.4 Å². The molecule has 2 bridgehead atoms. The van der Waals surface area contributed by atoms with Crippen LogP contribution in [0.3, 0.4) is 0 Å². The van der Waals surface area contributed by atoms with E-state index in [2.05, 4.69) is 5.32 Å². The fraction of sp³-hybridized carbons (Fsp3) is 0.556. The topological polar surface area (TPSA) is 201 Å². The van der Waals surface area contributed by atoms with Crippen LogP contribution in [0, 0.1) is 16.7 Å². The van der Waals surface area contributed by atoms with Crippen LogP contribution in [0.1, 0.15) is 104 Å². The lowest BCUT2D eigenvalue weighted by molar-refractivity contribution is -0.248. The third-order valence-corrected chi connectivity index (χ3v) is 14.4. The Hall–Kier alpha value is -4.73. The Bertz CT molecular complexity index is 2060. The van der Waals surface area contributed by atoms with Gasteiger partial charge in [0.2, 0.25) is 0 Å². The summed E-state index contributed by atoms with van der Waals surface area (Å²) in [5.41, 5.74) is -6.69. The summed E-state index contributed by atoms with van der Waals surface area (Å²) >= 11 is 1.53. The number of fused-ring (bicyclic) bond motifs is 5. The van der Waals surface area contributed by atoms with Crippen LogP contribution in [0.2, 0.25) is 0 Å². The summed E-state index contributed by atoms with van der Waals surface area (Å²) in [5.74, 6) is -4.98. The highest BCUT2D eigenvalue weighted by Gasteiger charge is 2.76. The molecule has 10 atom stereocenters. The molecule has 1 aliphatic heterocycles. The zero-order valence-corrected chi connectivity index (χ0v) is 36.3. The third kappa shape index (κ3) is 7.95. The van der Waals surface area contributed by atoms with E-state index in [9.17, 15) is 34.2 Å². The number of hydrogen-bond donors (Lipinski definition) is 3. The molecule has 1 heterocycles. The lowest BCUT2D eigenvalue weighted by Gasteiger charge is -2.66. The quantitative estimate of drug-likeness (QED) is 0.161. The summed E-state index contributed by atoms with van der Waals surface area (Å²) in [6.45, 7) is 13.9. The molecule has 2 aromatic rings. The molecule has 3 N–H and O–H groups in total. The van der Waals surface area contributed by atoms with Gasteiger partial charge in [0.1, 0.15) is 29.0 Å². The minimum Gasteiger partial charge on any atom is -0.457 e. The number of nitrogens with one attached hydrogen (secondary N) is 1. The zero-order chi connectivity index (χ0) is 44.2. The Morgan fingerprint density at radius 3 is 2.07 bits per heavy atom. The Morgan fingerprint density at radius 1 is 0.900 bits per heavy atom. The molecule has 2 saturated carbocycles. The summed E-state index contributed by atoms with van der Waals surface area (Å²) in [4.78, 5) is 82.9. The molecule has 0 aromatic heterocycles. The van der Waals surface area contributed by atoms with Crippen LogP contribution in [0.25, 0.3) is 0 Å². The maximum Gasteiger partial charge on any atom is 0.408 e. The number of rotatable bonds is 9. The molecular weight excluding hydrogens is 795 g/mol. The first-order valence-electron chi connectivity index (χ1n) is 20.1. The van der Waals surface area contributed by atoms with E-state index in [4.69, 9.17) is 23.7 Å². The number of amides is 1. The van der Waals surface area contributed by atoms with Gasteiger partial charge in [-0.15, -0.1) is 0 Å². The van der Waals surface area contributed by atoms with Gasteiger partial charge in [-0.1, -0.05) is 69.3 Å². The van der Waals surface area contributed by atoms with E-state index in [0.717, 1.165) is 6.92 Å². The first kappa shape index (κ1) is 44.8. The number of carbonyl (C=O) groups excluding carboxylic acids is 6. The van der Waals surface area contributed by atoms with E-state index in [1.807, 2.05) is 0 Å². The van der Waals surface area contributed by atoms with Crippen molar-refractivity contribution < 1.29 is 62.7 Å². The van der Waals surface area contributed by atoms with Crippen LogP contribution >= 0.6 is 11.8 Å². The maximum atomic E-state index is 15.4. The lowest BCUT2D eigenvalue weighted by Crippen LogP contribution is -2.77. The molecule has 0 unspecified atom stereocenters. The van der Waals surface area contributed by atoms with Crippen LogP contribution in [-0.2, 0) is 42.9 Å². The second-order valence-corrected chi connectivity index (χ2v) is 19.3. The van der Waals surface area contributed by atoms with E-state index in [1.54, 1.807) is 109 Å². The highest BCUT2D eigenvalue weighted by Crippen LogP contribution is 2.66. The summed E-state index contributed by atoms with van der Waals surface area (Å²) in [6, 6.07) is 15.0. The summed E-state index contributed by atoms with van der Waals surface area (Å²) in [6.07, 6.45) is -7.33. The molecule has 1 amide bonds. The van der Waals surface area contributed by atoms with Crippen molar-refractivity contribution in [3.63, 3.8) is 0 Å². The SMILES string of the molecule is CC(=O)O[C@H]1C(=O)[C@]2(C)CC[C@H]3SC[C@@]3(OC(C)=O)[C@H]2[C@H](OC(=O)c2ccccc2)[C@]2(O)C[C@H](OC(=O)[C@H](O)[C@@H](NC(=O)OC(C)(C)C)c3ccccc3)C(C)=C1C2(C)C. The van der Waals surface area contributed by atoms with Crippen molar-refractivity contribution in [1.82, 2.24) is 5.32 Å². The fourth-order valence-electron chi connectivity index (χ4n) is 9.82. The number of ketones is 1. The highest BCUT2D eigenvalue weighted by molar-refractivity contribution is 8.01. The summed E-state index contributed by atoms with van der Waals surface area (Å²) in [5, 5.41) is 27.6. The van der Waals surface area contributed by atoms with E-state index in [-0.39, 0.29) is 34.1 Å². The van der Waals surface area contributed by atoms with Crippen molar-refractivity contribution in [1.29, 1.82) is 0 Å². The molecule has 0 radical (unpaired) electrons. The molecule has 14 nitrogen and oxygen atoms in total. The summed E-state index contributed by atoms with van der Waals surface area (Å²) < 4.78 is 30.2. The minimum absolute atomic E-state index is 0.127. The predicted octanol–water partition coefficient (Wildman–Crippen LogP) is 5.58. The van der Waals surface area contributed by atoms with Crippen molar-refractivity contribution in [2.45, 2.75) is 134 Å². The number of benzene rings is 2. The van der Waals surface area contributed by atoms with Crippen molar-refractivity contribution >= 4 is 47.5 Å². The number of aliphatic hydroxyl groups excluding tert-OH is 1. The number of carbonyl (C=O) groups is 6. The Labute approximate surface area is 354 Å².